The van der Waals surface area contributed by atoms with Gasteiger partial charge in [0.05, 0.1) is 6.10 Å². The molecular formula is C18H24O2. The summed E-state index contributed by atoms with van der Waals surface area (Å²) in [4.78, 5) is 0. The van der Waals surface area contributed by atoms with Crippen LogP contribution in [0.3, 0.4) is 0 Å². The molecule has 1 aromatic carbocycles. The van der Waals surface area contributed by atoms with E-state index in [4.69, 9.17) is 4.42 Å². The zero-order valence-corrected chi connectivity index (χ0v) is 12.6. The molecule has 1 aromatic heterocycles. The fourth-order valence-corrected chi connectivity index (χ4v) is 4.11. The minimum atomic E-state index is -0.180. The Balaban J connectivity index is 2.11. The monoisotopic (exact) mass is 272 g/mol. The normalized spacial score (nSPS) is 24.8. The van der Waals surface area contributed by atoms with Crippen molar-refractivity contribution < 1.29 is 9.52 Å². The maximum absolute atomic E-state index is 10.3. The van der Waals surface area contributed by atoms with Crippen LogP contribution in [0.1, 0.15) is 57.3 Å². The summed E-state index contributed by atoms with van der Waals surface area (Å²) in [6, 6.07) is 8.30. The fourth-order valence-electron chi connectivity index (χ4n) is 4.11. The lowest BCUT2D eigenvalue weighted by Crippen LogP contribution is -2.51. The van der Waals surface area contributed by atoms with Gasteiger partial charge >= 0.3 is 0 Å². The van der Waals surface area contributed by atoms with E-state index in [1.54, 1.807) is 0 Å². The molecular weight excluding hydrogens is 248 g/mol. The fraction of sp³-hybridized carbons (Fsp3) is 0.556. The molecule has 1 aliphatic rings. The minimum absolute atomic E-state index is 0.0117. The molecule has 0 radical (unpaired) electrons. The van der Waals surface area contributed by atoms with Gasteiger partial charge in [-0.1, -0.05) is 39.0 Å². The molecule has 1 aliphatic carbocycles. The van der Waals surface area contributed by atoms with Crippen molar-refractivity contribution in [1.82, 2.24) is 0 Å². The number of benzene rings is 1. The number of aliphatic hydroxyl groups excluding tert-OH is 1. The number of aliphatic hydroxyl groups is 1. The van der Waals surface area contributed by atoms with Gasteiger partial charge < -0.3 is 9.52 Å². The van der Waals surface area contributed by atoms with E-state index in [1.165, 1.54) is 10.9 Å². The Bertz CT molecular complexity index is 607. The van der Waals surface area contributed by atoms with Gasteiger partial charge in [-0.15, -0.1) is 0 Å². The second kappa shape index (κ2) is 4.92. The summed E-state index contributed by atoms with van der Waals surface area (Å²) in [5, 5.41) is 11.5. The number of hydrogen-bond donors (Lipinski definition) is 1. The molecule has 20 heavy (non-hydrogen) atoms. The molecule has 0 spiro atoms. The Labute approximate surface area is 120 Å². The minimum Gasteiger partial charge on any atom is -0.460 e. The van der Waals surface area contributed by atoms with Crippen LogP contribution in [0.5, 0.6) is 0 Å². The lowest BCUT2D eigenvalue weighted by atomic mass is 9.54. The first-order valence-corrected chi connectivity index (χ1v) is 7.86. The number of rotatable bonds is 4. The maximum Gasteiger partial charge on any atom is 0.134 e. The Morgan fingerprint density at radius 3 is 2.50 bits per heavy atom. The second-order valence-electron chi connectivity index (χ2n) is 6.04. The molecule has 1 saturated carbocycles. The highest BCUT2D eigenvalue weighted by Crippen LogP contribution is 2.58. The third-order valence-electron chi connectivity index (χ3n) is 5.53. The molecule has 2 unspecified atom stereocenters. The number of para-hydroxylation sites is 1. The number of hydrogen-bond acceptors (Lipinski definition) is 2. The maximum atomic E-state index is 10.3. The molecule has 2 heteroatoms. The molecule has 2 nitrogen and oxygen atoms in total. The van der Waals surface area contributed by atoms with Crippen LogP contribution in [0.2, 0.25) is 0 Å². The van der Waals surface area contributed by atoms with E-state index in [0.717, 1.165) is 37.0 Å². The summed E-state index contributed by atoms with van der Waals surface area (Å²) in [5.74, 6) is 1.50. The number of fused-ring (bicyclic) bond motifs is 1. The molecule has 0 bridgehead atoms. The van der Waals surface area contributed by atoms with Crippen molar-refractivity contribution in [2.45, 2.75) is 58.5 Å². The van der Waals surface area contributed by atoms with E-state index in [9.17, 15) is 5.11 Å². The van der Waals surface area contributed by atoms with Gasteiger partial charge in [0.1, 0.15) is 11.3 Å². The van der Waals surface area contributed by atoms with Gasteiger partial charge in [0.2, 0.25) is 0 Å². The van der Waals surface area contributed by atoms with E-state index < -0.39 is 0 Å². The first-order valence-electron chi connectivity index (χ1n) is 7.86. The summed E-state index contributed by atoms with van der Waals surface area (Å²) in [7, 11) is 0. The lowest BCUT2D eigenvalue weighted by Gasteiger charge is -2.52. The van der Waals surface area contributed by atoms with Gasteiger partial charge in [-0.25, -0.2) is 0 Å². The van der Waals surface area contributed by atoms with Crippen LogP contribution in [0.4, 0.5) is 0 Å². The zero-order chi connectivity index (χ0) is 14.3. The number of furan rings is 1. The molecule has 0 amide bonds. The highest BCUT2D eigenvalue weighted by atomic mass is 16.3. The first-order chi connectivity index (χ1) is 9.67. The van der Waals surface area contributed by atoms with Crippen molar-refractivity contribution in [3.8, 4) is 0 Å². The summed E-state index contributed by atoms with van der Waals surface area (Å²) in [5.41, 5.74) is 2.34. The van der Waals surface area contributed by atoms with Crippen molar-refractivity contribution in [2.24, 2.45) is 5.41 Å². The van der Waals surface area contributed by atoms with Gasteiger partial charge in [-0.3, -0.25) is 0 Å². The van der Waals surface area contributed by atoms with Crippen LogP contribution in [0.15, 0.2) is 28.7 Å². The average molecular weight is 272 g/mol. The van der Waals surface area contributed by atoms with Crippen molar-refractivity contribution in [2.75, 3.05) is 0 Å². The molecule has 1 N–H and O–H groups in total. The molecule has 2 atom stereocenters. The van der Waals surface area contributed by atoms with Gasteiger partial charge in [0, 0.05) is 22.3 Å². The summed E-state index contributed by atoms with van der Waals surface area (Å²) < 4.78 is 6.19. The van der Waals surface area contributed by atoms with Crippen LogP contribution in [0, 0.1) is 5.41 Å². The van der Waals surface area contributed by atoms with Crippen LogP contribution >= 0.6 is 0 Å². The van der Waals surface area contributed by atoms with Gasteiger partial charge in [-0.05, 0) is 31.7 Å². The van der Waals surface area contributed by atoms with Gasteiger partial charge in [-0.2, -0.15) is 0 Å². The van der Waals surface area contributed by atoms with E-state index >= 15 is 0 Å². The van der Waals surface area contributed by atoms with E-state index in [1.807, 2.05) is 12.1 Å². The van der Waals surface area contributed by atoms with Crippen molar-refractivity contribution in [3.63, 3.8) is 0 Å². The molecule has 1 heterocycles. The van der Waals surface area contributed by atoms with Gasteiger partial charge in [0.25, 0.3) is 0 Å². The van der Waals surface area contributed by atoms with E-state index in [2.05, 4.69) is 32.9 Å². The quantitative estimate of drug-likeness (QED) is 0.879. The van der Waals surface area contributed by atoms with Crippen molar-refractivity contribution in [3.05, 3.63) is 35.6 Å². The zero-order valence-electron chi connectivity index (χ0n) is 12.6. The summed E-state index contributed by atoms with van der Waals surface area (Å²) >= 11 is 0. The highest BCUT2D eigenvalue weighted by molar-refractivity contribution is 5.82. The predicted octanol–water partition coefficient (Wildman–Crippen LogP) is 4.65. The summed E-state index contributed by atoms with van der Waals surface area (Å²) in [6.07, 6.45) is 3.67. The molecule has 0 aliphatic heterocycles. The average Bonchev–Trinajstić information content (AvgIpc) is 2.83. The Kier molecular flexibility index (Phi) is 3.37. The van der Waals surface area contributed by atoms with Gasteiger partial charge in [0.15, 0.2) is 0 Å². The molecule has 3 rings (SSSR count). The standard InChI is InChI=1S/C18H24O2/c1-4-12-13-9-7-8-10-15(13)20-17(12)14-11-16(19)18(14,5-2)6-3/h7-10,14,16,19H,4-6,11H2,1-3H3. The van der Waals surface area contributed by atoms with E-state index in [0.29, 0.717) is 5.92 Å². The van der Waals surface area contributed by atoms with Crippen LogP contribution in [0.25, 0.3) is 11.0 Å². The predicted molar refractivity (Wildman–Crippen MR) is 82.0 cm³/mol. The summed E-state index contributed by atoms with van der Waals surface area (Å²) in [6.45, 7) is 6.57. The molecule has 108 valence electrons. The van der Waals surface area contributed by atoms with Crippen molar-refractivity contribution in [1.29, 1.82) is 0 Å². The number of aryl methyl sites for hydroxylation is 1. The van der Waals surface area contributed by atoms with Crippen LogP contribution in [-0.4, -0.2) is 11.2 Å². The van der Waals surface area contributed by atoms with E-state index in [-0.39, 0.29) is 11.5 Å². The lowest BCUT2D eigenvalue weighted by molar-refractivity contribution is -0.0990. The first kappa shape index (κ1) is 13.7. The third kappa shape index (κ3) is 1.67. The topological polar surface area (TPSA) is 33.4 Å². The second-order valence-corrected chi connectivity index (χ2v) is 6.04. The van der Waals surface area contributed by atoms with Crippen LogP contribution in [-0.2, 0) is 6.42 Å². The Morgan fingerprint density at radius 2 is 1.90 bits per heavy atom. The largest absolute Gasteiger partial charge is 0.460 e. The SMILES string of the molecule is CCc1c(C2CC(O)C2(CC)CC)oc2ccccc12. The van der Waals surface area contributed by atoms with Crippen molar-refractivity contribution >= 4 is 11.0 Å². The smallest absolute Gasteiger partial charge is 0.134 e. The Hall–Kier alpha value is -1.28. The van der Waals surface area contributed by atoms with Crippen LogP contribution < -0.4 is 0 Å². The molecule has 1 fully saturated rings. The highest BCUT2D eigenvalue weighted by Gasteiger charge is 2.54. The third-order valence-corrected chi connectivity index (χ3v) is 5.53. The molecule has 0 saturated heterocycles. The Morgan fingerprint density at radius 1 is 1.20 bits per heavy atom. The molecule has 2 aromatic rings.